The first-order valence-electron chi connectivity index (χ1n) is 3.71. The molecule has 0 fully saturated rings. The van der Waals surface area contributed by atoms with Crippen LogP contribution < -0.4 is 9.47 Å². The maximum atomic E-state index is 10.9. The number of carbonyl (C=O) groups excluding carboxylic acids is 1. The number of rotatable bonds is 3. The van der Waals surface area contributed by atoms with E-state index in [0.29, 0.717) is 11.5 Å². The van der Waals surface area contributed by atoms with Crippen LogP contribution in [0.3, 0.4) is 0 Å². The standard InChI is InChI=1S/C9H8Cl2O3/c1-13-7-3-5(9(11)12)6(10)4-8(7)14-2/h3-4H,1-2H3. The van der Waals surface area contributed by atoms with Gasteiger partial charge in [-0.1, -0.05) is 11.6 Å². The van der Waals surface area contributed by atoms with Crippen LogP contribution in [0.15, 0.2) is 12.1 Å². The van der Waals surface area contributed by atoms with Gasteiger partial charge in [-0.2, -0.15) is 0 Å². The summed E-state index contributed by atoms with van der Waals surface area (Å²) in [7, 11) is 2.95. The summed E-state index contributed by atoms with van der Waals surface area (Å²) in [6.07, 6.45) is 0. The molecule has 0 aliphatic heterocycles. The van der Waals surface area contributed by atoms with E-state index >= 15 is 0 Å². The number of benzene rings is 1. The molecule has 0 aromatic heterocycles. The molecule has 0 amide bonds. The van der Waals surface area contributed by atoms with Crippen LogP contribution in [0.25, 0.3) is 0 Å². The largest absolute Gasteiger partial charge is 0.493 e. The lowest BCUT2D eigenvalue weighted by Crippen LogP contribution is -1.96. The molecule has 3 nitrogen and oxygen atoms in total. The fourth-order valence-electron chi connectivity index (χ4n) is 1.00. The Morgan fingerprint density at radius 1 is 1.21 bits per heavy atom. The minimum Gasteiger partial charge on any atom is -0.493 e. The predicted molar refractivity (Wildman–Crippen MR) is 54.7 cm³/mol. The van der Waals surface area contributed by atoms with Crippen LogP contribution in [0.2, 0.25) is 5.02 Å². The summed E-state index contributed by atoms with van der Waals surface area (Å²) in [5, 5.41) is -0.390. The Bertz CT molecular complexity index is 363. The summed E-state index contributed by atoms with van der Waals surface area (Å²) in [6.45, 7) is 0. The highest BCUT2D eigenvalue weighted by molar-refractivity contribution is 6.68. The van der Waals surface area contributed by atoms with E-state index in [1.165, 1.54) is 26.4 Å². The third kappa shape index (κ3) is 2.11. The van der Waals surface area contributed by atoms with Crippen LogP contribution >= 0.6 is 23.2 Å². The van der Waals surface area contributed by atoms with Gasteiger partial charge in [-0.05, 0) is 17.7 Å². The van der Waals surface area contributed by atoms with Crippen molar-refractivity contribution >= 4 is 28.4 Å². The molecule has 0 saturated heterocycles. The molecule has 0 aliphatic rings. The molecule has 1 rings (SSSR count). The zero-order chi connectivity index (χ0) is 10.7. The molecule has 0 heterocycles. The van der Waals surface area contributed by atoms with E-state index in [2.05, 4.69) is 0 Å². The fraction of sp³-hybridized carbons (Fsp3) is 0.222. The molecule has 0 atom stereocenters. The Balaban J connectivity index is 3.30. The van der Waals surface area contributed by atoms with Gasteiger partial charge in [0.15, 0.2) is 11.5 Å². The van der Waals surface area contributed by atoms with Gasteiger partial charge < -0.3 is 9.47 Å². The number of ether oxygens (including phenoxy) is 2. The highest BCUT2D eigenvalue weighted by atomic mass is 35.5. The van der Waals surface area contributed by atoms with Crippen LogP contribution in [-0.2, 0) is 0 Å². The molecular formula is C9H8Cl2O3. The van der Waals surface area contributed by atoms with Crippen molar-refractivity contribution in [1.29, 1.82) is 0 Å². The first kappa shape index (κ1) is 11.1. The molecule has 1 aromatic carbocycles. The van der Waals surface area contributed by atoms with E-state index in [1.54, 1.807) is 0 Å². The maximum Gasteiger partial charge on any atom is 0.254 e. The lowest BCUT2D eigenvalue weighted by molar-refractivity contribution is 0.108. The molecule has 0 aliphatic carbocycles. The normalized spacial score (nSPS) is 9.71. The second kappa shape index (κ2) is 4.53. The average Bonchev–Trinajstić information content (AvgIpc) is 2.16. The zero-order valence-electron chi connectivity index (χ0n) is 7.64. The van der Waals surface area contributed by atoms with Gasteiger partial charge in [0.25, 0.3) is 5.24 Å². The van der Waals surface area contributed by atoms with E-state index in [-0.39, 0.29) is 10.6 Å². The Morgan fingerprint density at radius 3 is 2.14 bits per heavy atom. The van der Waals surface area contributed by atoms with E-state index in [0.717, 1.165) is 0 Å². The maximum absolute atomic E-state index is 10.9. The van der Waals surface area contributed by atoms with Crippen molar-refractivity contribution in [2.45, 2.75) is 0 Å². The van der Waals surface area contributed by atoms with E-state index in [1.807, 2.05) is 0 Å². The molecule has 5 heteroatoms. The lowest BCUT2D eigenvalue weighted by atomic mass is 10.2. The van der Waals surface area contributed by atoms with Gasteiger partial charge in [-0.3, -0.25) is 4.79 Å². The molecule has 0 saturated carbocycles. The van der Waals surface area contributed by atoms with E-state index in [4.69, 9.17) is 32.7 Å². The highest BCUT2D eigenvalue weighted by Crippen LogP contribution is 2.33. The Labute approximate surface area is 91.5 Å². The summed E-state index contributed by atoms with van der Waals surface area (Å²) < 4.78 is 9.98. The van der Waals surface area contributed by atoms with Crippen molar-refractivity contribution in [2.75, 3.05) is 14.2 Å². The molecule has 0 spiro atoms. The van der Waals surface area contributed by atoms with E-state index in [9.17, 15) is 4.79 Å². The smallest absolute Gasteiger partial charge is 0.254 e. The summed E-state index contributed by atoms with van der Waals surface area (Å²) in [4.78, 5) is 10.9. The van der Waals surface area contributed by atoms with Crippen LogP contribution in [0, 0.1) is 0 Å². The lowest BCUT2D eigenvalue weighted by Gasteiger charge is -2.09. The van der Waals surface area contributed by atoms with Crippen LogP contribution in [0.4, 0.5) is 0 Å². The minimum absolute atomic E-state index is 0.200. The second-order valence-corrected chi connectivity index (χ2v) is 3.21. The van der Waals surface area contributed by atoms with Crippen LogP contribution in [0.1, 0.15) is 10.4 Å². The average molecular weight is 235 g/mol. The topological polar surface area (TPSA) is 35.5 Å². The molecule has 0 unspecified atom stereocenters. The summed E-state index contributed by atoms with van der Waals surface area (Å²) >= 11 is 11.1. The SMILES string of the molecule is COc1cc(Cl)c(C(=O)Cl)cc1OC. The van der Waals surface area contributed by atoms with Crippen LogP contribution in [-0.4, -0.2) is 19.5 Å². The Morgan fingerprint density at radius 2 is 1.71 bits per heavy atom. The van der Waals surface area contributed by atoms with Crippen molar-refractivity contribution < 1.29 is 14.3 Å². The summed E-state index contributed by atoms with van der Waals surface area (Å²) in [6, 6.07) is 2.92. The minimum atomic E-state index is -0.629. The van der Waals surface area contributed by atoms with Gasteiger partial charge >= 0.3 is 0 Å². The number of hydrogen-bond donors (Lipinski definition) is 0. The van der Waals surface area contributed by atoms with Gasteiger partial charge in [0.1, 0.15) is 0 Å². The fourth-order valence-corrected chi connectivity index (χ4v) is 1.45. The molecule has 0 bridgehead atoms. The molecule has 0 N–H and O–H groups in total. The van der Waals surface area contributed by atoms with Gasteiger partial charge in [0.05, 0.1) is 24.8 Å². The monoisotopic (exact) mass is 234 g/mol. The van der Waals surface area contributed by atoms with Crippen molar-refractivity contribution in [3.63, 3.8) is 0 Å². The first-order chi connectivity index (χ1) is 6.60. The van der Waals surface area contributed by atoms with Crippen molar-refractivity contribution in [2.24, 2.45) is 0 Å². The molecule has 76 valence electrons. The number of carbonyl (C=O) groups is 1. The van der Waals surface area contributed by atoms with Crippen molar-refractivity contribution in [3.8, 4) is 11.5 Å². The molecule has 1 aromatic rings. The number of halogens is 2. The highest BCUT2D eigenvalue weighted by Gasteiger charge is 2.13. The first-order valence-corrected chi connectivity index (χ1v) is 4.47. The van der Waals surface area contributed by atoms with Crippen molar-refractivity contribution in [3.05, 3.63) is 22.7 Å². The van der Waals surface area contributed by atoms with Gasteiger partial charge in [0.2, 0.25) is 0 Å². The van der Waals surface area contributed by atoms with Gasteiger partial charge in [0, 0.05) is 6.07 Å². The molecule has 14 heavy (non-hydrogen) atoms. The Hall–Kier alpha value is -0.930. The number of hydrogen-bond acceptors (Lipinski definition) is 3. The third-order valence-electron chi connectivity index (χ3n) is 1.68. The zero-order valence-corrected chi connectivity index (χ0v) is 9.15. The predicted octanol–water partition coefficient (Wildman–Crippen LogP) is 2.74. The summed E-state index contributed by atoms with van der Waals surface area (Å²) in [5.74, 6) is 0.875. The van der Waals surface area contributed by atoms with Gasteiger partial charge in [-0.15, -0.1) is 0 Å². The third-order valence-corrected chi connectivity index (χ3v) is 2.20. The van der Waals surface area contributed by atoms with Gasteiger partial charge in [-0.25, -0.2) is 0 Å². The second-order valence-electron chi connectivity index (χ2n) is 2.46. The molecule has 0 radical (unpaired) electrons. The van der Waals surface area contributed by atoms with Crippen molar-refractivity contribution in [1.82, 2.24) is 0 Å². The molecular weight excluding hydrogens is 227 g/mol. The quantitative estimate of drug-likeness (QED) is 0.755. The summed E-state index contributed by atoms with van der Waals surface area (Å²) in [5.41, 5.74) is 0.200. The van der Waals surface area contributed by atoms with E-state index < -0.39 is 5.24 Å². The Kier molecular flexibility index (Phi) is 3.61. The number of methoxy groups -OCH3 is 2. The van der Waals surface area contributed by atoms with Crippen LogP contribution in [0.5, 0.6) is 11.5 Å².